The van der Waals surface area contributed by atoms with E-state index in [1.165, 1.54) is 0 Å². The molecule has 0 saturated heterocycles. The summed E-state index contributed by atoms with van der Waals surface area (Å²) < 4.78 is 9.52. The van der Waals surface area contributed by atoms with E-state index in [1.54, 1.807) is 0 Å². The Bertz CT molecular complexity index is 55.8. The molecule has 3 heteroatoms. The van der Waals surface area contributed by atoms with Gasteiger partial charge in [-0.3, -0.25) is 0 Å². The molecule has 1 nitrogen and oxygen atoms in total. The zero-order valence-corrected chi connectivity index (χ0v) is 8.91. The molecule has 0 atom stereocenters. The SMILES string of the molecule is Br.CCS(O)(CC)CC. The van der Waals surface area contributed by atoms with Crippen molar-refractivity contribution in [3.63, 3.8) is 0 Å². The molecular weight excluding hydrogens is 200 g/mol. The van der Waals surface area contributed by atoms with Crippen LogP contribution in [0.25, 0.3) is 0 Å². The van der Waals surface area contributed by atoms with E-state index in [0.717, 1.165) is 17.3 Å². The molecule has 60 valence electrons. The lowest BCUT2D eigenvalue weighted by Gasteiger charge is -2.29. The molecule has 0 aromatic carbocycles. The van der Waals surface area contributed by atoms with Crippen molar-refractivity contribution >= 4 is 27.3 Å². The fourth-order valence-electron chi connectivity index (χ4n) is 0.612. The molecule has 0 aromatic rings. The van der Waals surface area contributed by atoms with Crippen LogP contribution in [0.5, 0.6) is 0 Å². The largest absolute Gasteiger partial charge is 0.352 e. The Hall–Kier alpha value is 0.790. The van der Waals surface area contributed by atoms with Crippen LogP contribution in [0.15, 0.2) is 0 Å². The van der Waals surface area contributed by atoms with Gasteiger partial charge in [-0.1, -0.05) is 20.8 Å². The van der Waals surface area contributed by atoms with Gasteiger partial charge in [-0.25, -0.2) is 0 Å². The molecule has 0 spiro atoms. The Balaban J connectivity index is 0. The number of hydrogen-bond acceptors (Lipinski definition) is 1. The minimum absolute atomic E-state index is 0. The Labute approximate surface area is 70.1 Å². The average molecular weight is 217 g/mol. The topological polar surface area (TPSA) is 20.2 Å². The highest BCUT2D eigenvalue weighted by molar-refractivity contribution is 8.93. The predicted octanol–water partition coefficient (Wildman–Crippen LogP) is 2.90. The molecule has 1 N–H and O–H groups in total. The third-order valence-electron chi connectivity index (χ3n) is 1.61. The van der Waals surface area contributed by atoms with Gasteiger partial charge in [0.05, 0.1) is 0 Å². The van der Waals surface area contributed by atoms with E-state index >= 15 is 0 Å². The number of hydrogen-bond donors (Lipinski definition) is 1. The molecule has 0 aromatic heterocycles. The van der Waals surface area contributed by atoms with Crippen LogP contribution in [-0.4, -0.2) is 21.8 Å². The van der Waals surface area contributed by atoms with Gasteiger partial charge in [0.1, 0.15) is 0 Å². The lowest BCUT2D eigenvalue weighted by molar-refractivity contribution is 0.627. The first-order valence-corrected chi connectivity index (χ1v) is 5.27. The molecule has 9 heavy (non-hydrogen) atoms. The summed E-state index contributed by atoms with van der Waals surface area (Å²) in [6.45, 7) is 6.17. The monoisotopic (exact) mass is 216 g/mol. The van der Waals surface area contributed by atoms with Crippen molar-refractivity contribution in [2.75, 3.05) is 17.3 Å². The zero-order valence-electron chi connectivity index (χ0n) is 6.39. The quantitative estimate of drug-likeness (QED) is 0.770. The van der Waals surface area contributed by atoms with Crippen molar-refractivity contribution < 1.29 is 4.55 Å². The molecule has 0 aliphatic heterocycles. The summed E-state index contributed by atoms with van der Waals surface area (Å²) in [5.41, 5.74) is 0. The van der Waals surface area contributed by atoms with Crippen LogP contribution in [0.3, 0.4) is 0 Å². The predicted molar refractivity (Wildman–Crippen MR) is 52.2 cm³/mol. The van der Waals surface area contributed by atoms with Crippen LogP contribution < -0.4 is 0 Å². The van der Waals surface area contributed by atoms with Gasteiger partial charge in [-0.2, -0.15) is 0 Å². The number of rotatable bonds is 3. The van der Waals surface area contributed by atoms with Crippen molar-refractivity contribution in [1.82, 2.24) is 0 Å². The number of halogens is 1. The lowest BCUT2D eigenvalue weighted by Crippen LogP contribution is -2.06. The van der Waals surface area contributed by atoms with Crippen LogP contribution in [0, 0.1) is 0 Å². The van der Waals surface area contributed by atoms with Crippen molar-refractivity contribution in [2.45, 2.75) is 20.8 Å². The van der Waals surface area contributed by atoms with Gasteiger partial charge in [0.2, 0.25) is 0 Å². The van der Waals surface area contributed by atoms with Gasteiger partial charge >= 0.3 is 0 Å². The first kappa shape index (κ1) is 12.5. The molecule has 0 aliphatic rings. The molecule has 0 rings (SSSR count). The van der Waals surface area contributed by atoms with Gasteiger partial charge in [-0.05, 0) is 17.3 Å². The molecule has 0 aliphatic carbocycles. The minimum atomic E-state index is -1.15. The van der Waals surface area contributed by atoms with E-state index in [1.807, 2.05) is 0 Å². The van der Waals surface area contributed by atoms with E-state index in [0.29, 0.717) is 0 Å². The standard InChI is InChI=1S/C6H16OS.BrH/c1-4-8(7,5-2)6-3;/h7H,4-6H2,1-3H3;1H. The summed E-state index contributed by atoms with van der Waals surface area (Å²) in [5.74, 6) is 2.88. The van der Waals surface area contributed by atoms with E-state index in [4.69, 9.17) is 0 Å². The summed E-state index contributed by atoms with van der Waals surface area (Å²) in [7, 11) is -1.15. The van der Waals surface area contributed by atoms with Gasteiger partial charge in [0.25, 0.3) is 0 Å². The van der Waals surface area contributed by atoms with Gasteiger partial charge in [0.15, 0.2) is 0 Å². The maximum Gasteiger partial charge on any atom is -0.00410 e. The second-order valence-corrected chi connectivity index (χ2v) is 5.60. The average Bonchev–Trinajstić information content (AvgIpc) is 1.87. The smallest absolute Gasteiger partial charge is 0.00410 e. The van der Waals surface area contributed by atoms with Crippen LogP contribution in [-0.2, 0) is 0 Å². The lowest BCUT2D eigenvalue weighted by atomic mass is 10.9. The van der Waals surface area contributed by atoms with Crippen molar-refractivity contribution in [3.8, 4) is 0 Å². The fourth-order valence-corrected chi connectivity index (χ4v) is 1.84. The summed E-state index contributed by atoms with van der Waals surface area (Å²) in [6, 6.07) is 0. The summed E-state index contributed by atoms with van der Waals surface area (Å²) in [4.78, 5) is 0. The van der Waals surface area contributed by atoms with Gasteiger partial charge in [0, 0.05) is 0 Å². The second kappa shape index (κ2) is 5.57. The van der Waals surface area contributed by atoms with E-state index in [-0.39, 0.29) is 17.0 Å². The Kier molecular flexibility index (Phi) is 7.71. The van der Waals surface area contributed by atoms with Crippen LogP contribution in [0.4, 0.5) is 0 Å². The van der Waals surface area contributed by atoms with Crippen LogP contribution in [0.2, 0.25) is 0 Å². The van der Waals surface area contributed by atoms with Crippen LogP contribution >= 0.6 is 27.3 Å². The van der Waals surface area contributed by atoms with E-state index < -0.39 is 10.3 Å². The first-order chi connectivity index (χ1) is 3.68. The normalized spacial score (nSPS) is 12.4. The summed E-state index contributed by atoms with van der Waals surface area (Å²) in [5, 5.41) is 0. The second-order valence-electron chi connectivity index (χ2n) is 1.87. The van der Waals surface area contributed by atoms with Gasteiger partial charge in [-0.15, -0.1) is 27.3 Å². The van der Waals surface area contributed by atoms with Gasteiger partial charge < -0.3 is 4.55 Å². The molecule has 0 heterocycles. The molecule has 0 saturated carbocycles. The maximum absolute atomic E-state index is 9.52. The van der Waals surface area contributed by atoms with E-state index in [2.05, 4.69) is 20.8 Å². The molecule has 0 fully saturated rings. The minimum Gasteiger partial charge on any atom is -0.352 e. The maximum atomic E-state index is 9.52. The molecule has 0 bridgehead atoms. The highest BCUT2D eigenvalue weighted by atomic mass is 79.9. The Morgan fingerprint density at radius 1 is 1.00 bits per heavy atom. The van der Waals surface area contributed by atoms with Crippen molar-refractivity contribution in [3.05, 3.63) is 0 Å². The zero-order chi connectivity index (χ0) is 6.62. The van der Waals surface area contributed by atoms with Crippen molar-refractivity contribution in [1.29, 1.82) is 0 Å². The summed E-state index contributed by atoms with van der Waals surface area (Å²) >= 11 is 0. The highest BCUT2D eigenvalue weighted by Crippen LogP contribution is 2.41. The van der Waals surface area contributed by atoms with E-state index in [9.17, 15) is 4.55 Å². The molecule has 0 unspecified atom stereocenters. The van der Waals surface area contributed by atoms with Crippen molar-refractivity contribution in [2.24, 2.45) is 0 Å². The molecular formula is C6H17BrOS. The highest BCUT2D eigenvalue weighted by Gasteiger charge is 2.10. The third-order valence-corrected chi connectivity index (χ3v) is 4.84. The summed E-state index contributed by atoms with van der Waals surface area (Å²) in [6.07, 6.45) is 0. The molecule has 0 amide bonds. The van der Waals surface area contributed by atoms with Crippen LogP contribution in [0.1, 0.15) is 20.8 Å². The molecule has 0 radical (unpaired) electrons. The fraction of sp³-hybridized carbons (Fsp3) is 1.00. The third kappa shape index (κ3) is 4.23. The Morgan fingerprint density at radius 2 is 1.22 bits per heavy atom. The first-order valence-electron chi connectivity index (χ1n) is 3.17. The Morgan fingerprint density at radius 3 is 1.22 bits per heavy atom.